The molecule has 1 aromatic heterocycles. The summed E-state index contributed by atoms with van der Waals surface area (Å²) in [7, 11) is 1.51. The lowest BCUT2D eigenvalue weighted by Gasteiger charge is -2.50. The molecule has 1 aliphatic rings. The molecule has 36 heavy (non-hydrogen) atoms. The number of amides is 3. The number of fused-ring (bicyclic) bond motifs is 1. The van der Waals surface area contributed by atoms with Crippen molar-refractivity contribution in [2.45, 2.75) is 58.7 Å². The number of halogens is 1. The van der Waals surface area contributed by atoms with E-state index in [0.29, 0.717) is 17.6 Å². The number of hydrogen-bond donors (Lipinski definition) is 2. The zero-order valence-corrected chi connectivity index (χ0v) is 21.7. The highest BCUT2D eigenvalue weighted by Gasteiger charge is 2.51. The average molecular weight is 503 g/mol. The number of nitrogens with zero attached hydrogens (tertiary/aromatic N) is 3. The van der Waals surface area contributed by atoms with Gasteiger partial charge >= 0.3 is 6.09 Å². The fourth-order valence-corrected chi connectivity index (χ4v) is 4.52. The van der Waals surface area contributed by atoms with Crippen molar-refractivity contribution in [1.82, 2.24) is 15.2 Å². The van der Waals surface area contributed by atoms with Gasteiger partial charge < -0.3 is 25.0 Å². The first kappa shape index (κ1) is 27.3. The average Bonchev–Trinajstić information content (AvgIpc) is 2.80. The van der Waals surface area contributed by atoms with Gasteiger partial charge in [0.1, 0.15) is 17.0 Å². The van der Waals surface area contributed by atoms with Crippen LogP contribution in [0.15, 0.2) is 24.4 Å². The van der Waals surface area contributed by atoms with Crippen LogP contribution in [0.1, 0.15) is 53.0 Å². The van der Waals surface area contributed by atoms with Crippen molar-refractivity contribution in [2.75, 3.05) is 31.6 Å². The highest BCUT2D eigenvalue weighted by molar-refractivity contribution is 5.87. The van der Waals surface area contributed by atoms with Crippen LogP contribution in [0.25, 0.3) is 10.9 Å². The van der Waals surface area contributed by atoms with Crippen LogP contribution in [0, 0.1) is 11.2 Å². The van der Waals surface area contributed by atoms with Crippen molar-refractivity contribution in [2.24, 2.45) is 5.41 Å². The molecule has 0 saturated carbocycles. The van der Waals surface area contributed by atoms with E-state index in [9.17, 15) is 19.5 Å². The number of nitrogens with one attached hydrogen (secondary N) is 1. The van der Waals surface area contributed by atoms with E-state index in [-0.39, 0.29) is 49.3 Å². The molecule has 0 radical (unpaired) electrons. The maximum atomic E-state index is 16.0. The summed E-state index contributed by atoms with van der Waals surface area (Å²) in [6.45, 7) is 9.41. The SMILES string of the molecule is CNC(=O)CCN(C=O)c1cnc2ccc(C3(O)CCN(C(=O)OC(C)(C)C)CC3(C)C)c(F)c2c1. The van der Waals surface area contributed by atoms with Crippen molar-refractivity contribution in [3.05, 3.63) is 35.8 Å². The second-order valence-corrected chi connectivity index (χ2v) is 10.8. The molecular weight excluding hydrogens is 467 g/mol. The Morgan fingerprint density at radius 2 is 2.03 bits per heavy atom. The van der Waals surface area contributed by atoms with E-state index in [1.54, 1.807) is 40.7 Å². The predicted molar refractivity (Wildman–Crippen MR) is 134 cm³/mol. The van der Waals surface area contributed by atoms with Crippen molar-refractivity contribution in [1.29, 1.82) is 0 Å². The van der Waals surface area contributed by atoms with Crippen molar-refractivity contribution in [3.63, 3.8) is 0 Å². The molecule has 1 atom stereocenters. The second kappa shape index (κ2) is 10.0. The van der Waals surface area contributed by atoms with Gasteiger partial charge in [-0.3, -0.25) is 14.6 Å². The lowest BCUT2D eigenvalue weighted by Crippen LogP contribution is -2.57. The van der Waals surface area contributed by atoms with Crippen LogP contribution in [-0.4, -0.2) is 65.7 Å². The molecule has 1 fully saturated rings. The Kier molecular flexibility index (Phi) is 7.59. The number of carbonyl (C=O) groups is 3. The predicted octanol–water partition coefficient (Wildman–Crippen LogP) is 3.33. The first-order chi connectivity index (χ1) is 16.7. The third kappa shape index (κ3) is 5.43. The van der Waals surface area contributed by atoms with Gasteiger partial charge in [0.05, 0.1) is 17.4 Å². The first-order valence-corrected chi connectivity index (χ1v) is 11.9. The van der Waals surface area contributed by atoms with Gasteiger partial charge in [-0.25, -0.2) is 9.18 Å². The van der Waals surface area contributed by atoms with E-state index in [1.807, 2.05) is 0 Å². The molecule has 2 N–H and O–H groups in total. The molecule has 0 bridgehead atoms. The van der Waals surface area contributed by atoms with Crippen LogP contribution < -0.4 is 10.2 Å². The summed E-state index contributed by atoms with van der Waals surface area (Å²) in [5.41, 5.74) is -2.31. The van der Waals surface area contributed by atoms with E-state index in [0.717, 1.165) is 0 Å². The maximum Gasteiger partial charge on any atom is 0.410 e. The van der Waals surface area contributed by atoms with Crippen LogP contribution in [0.5, 0.6) is 0 Å². The molecule has 1 aliphatic heterocycles. The van der Waals surface area contributed by atoms with E-state index >= 15 is 4.39 Å². The zero-order chi connectivity index (χ0) is 26.9. The Labute approximate surface area is 210 Å². The number of ether oxygens (including phenoxy) is 1. The van der Waals surface area contributed by atoms with E-state index in [4.69, 9.17) is 4.74 Å². The van der Waals surface area contributed by atoms with Crippen LogP contribution in [0.2, 0.25) is 0 Å². The quantitative estimate of drug-likeness (QED) is 0.586. The maximum absolute atomic E-state index is 16.0. The Bertz CT molecular complexity index is 1160. The first-order valence-electron chi connectivity index (χ1n) is 11.9. The Morgan fingerprint density at radius 1 is 1.33 bits per heavy atom. The zero-order valence-electron chi connectivity index (χ0n) is 21.7. The fraction of sp³-hybridized carbons (Fsp3) is 0.538. The minimum Gasteiger partial charge on any atom is -0.444 e. The molecule has 196 valence electrons. The normalized spacial score (nSPS) is 19.6. The van der Waals surface area contributed by atoms with E-state index < -0.39 is 28.5 Å². The standard InChI is InChI=1S/C26H35FN4O5/c1-24(2,3)36-23(34)30-12-10-26(35,25(4,5)15-30)19-7-8-20-18(22(19)27)13-17(14-29-20)31(16-32)11-9-21(33)28-6/h7-8,13-14,16,35H,9-12,15H2,1-6H3,(H,28,33). The molecule has 1 unspecified atom stereocenters. The number of aliphatic hydroxyl groups is 1. The highest BCUT2D eigenvalue weighted by atomic mass is 19.1. The monoisotopic (exact) mass is 502 g/mol. The number of anilines is 1. The molecule has 1 saturated heterocycles. The Hall–Kier alpha value is -3.27. The van der Waals surface area contributed by atoms with Gasteiger partial charge in [-0.15, -0.1) is 0 Å². The van der Waals surface area contributed by atoms with Gasteiger partial charge in [0, 0.05) is 49.5 Å². The number of piperidine rings is 1. The Balaban J connectivity index is 1.94. The molecule has 0 aliphatic carbocycles. The molecule has 3 amide bonds. The van der Waals surface area contributed by atoms with Gasteiger partial charge in [0.15, 0.2) is 0 Å². The molecule has 2 aromatic rings. The van der Waals surface area contributed by atoms with Crippen LogP contribution >= 0.6 is 0 Å². The lowest BCUT2D eigenvalue weighted by molar-refractivity contribution is -0.125. The smallest absolute Gasteiger partial charge is 0.410 e. The van der Waals surface area contributed by atoms with Gasteiger partial charge in [0.2, 0.25) is 12.3 Å². The number of aromatic nitrogens is 1. The van der Waals surface area contributed by atoms with E-state index in [1.165, 1.54) is 35.2 Å². The summed E-state index contributed by atoms with van der Waals surface area (Å²) >= 11 is 0. The van der Waals surface area contributed by atoms with Gasteiger partial charge in [-0.1, -0.05) is 19.9 Å². The molecule has 2 heterocycles. The summed E-state index contributed by atoms with van der Waals surface area (Å²) in [6, 6.07) is 4.64. The summed E-state index contributed by atoms with van der Waals surface area (Å²) in [5, 5.41) is 14.4. The number of rotatable bonds is 6. The van der Waals surface area contributed by atoms with Crippen molar-refractivity contribution < 1.29 is 28.6 Å². The minimum atomic E-state index is -1.57. The second-order valence-electron chi connectivity index (χ2n) is 10.8. The molecule has 1 aromatic carbocycles. The number of hydrogen-bond acceptors (Lipinski definition) is 6. The van der Waals surface area contributed by atoms with Crippen LogP contribution in [0.4, 0.5) is 14.9 Å². The Morgan fingerprint density at radius 3 is 2.61 bits per heavy atom. The van der Waals surface area contributed by atoms with Crippen LogP contribution in [-0.2, 0) is 19.9 Å². The molecule has 0 spiro atoms. The third-order valence-electron chi connectivity index (χ3n) is 6.65. The fourth-order valence-electron chi connectivity index (χ4n) is 4.52. The number of benzene rings is 1. The number of pyridine rings is 1. The van der Waals surface area contributed by atoms with Crippen molar-refractivity contribution in [3.8, 4) is 0 Å². The largest absolute Gasteiger partial charge is 0.444 e. The highest BCUT2D eigenvalue weighted by Crippen LogP contribution is 2.47. The van der Waals surface area contributed by atoms with Crippen molar-refractivity contribution >= 4 is 35.0 Å². The molecule has 10 heteroatoms. The third-order valence-corrected chi connectivity index (χ3v) is 6.65. The van der Waals surface area contributed by atoms with Gasteiger partial charge in [0.25, 0.3) is 0 Å². The molecule has 9 nitrogen and oxygen atoms in total. The van der Waals surface area contributed by atoms with Gasteiger partial charge in [-0.2, -0.15) is 0 Å². The summed E-state index contributed by atoms with van der Waals surface area (Å²) in [4.78, 5) is 42.9. The topological polar surface area (TPSA) is 112 Å². The summed E-state index contributed by atoms with van der Waals surface area (Å²) < 4.78 is 21.4. The number of likely N-dealkylation sites (tertiary alicyclic amines) is 1. The lowest BCUT2D eigenvalue weighted by atomic mass is 9.66. The summed E-state index contributed by atoms with van der Waals surface area (Å²) in [5.74, 6) is -0.869. The van der Waals surface area contributed by atoms with E-state index in [2.05, 4.69) is 10.3 Å². The van der Waals surface area contributed by atoms with Gasteiger partial charge in [-0.05, 0) is 39.3 Å². The van der Waals surface area contributed by atoms with Crippen LogP contribution in [0.3, 0.4) is 0 Å². The molecular formula is C26H35FN4O5. The minimum absolute atomic E-state index is 0.0812. The molecule has 3 rings (SSSR count). The number of carbonyl (C=O) groups excluding carboxylic acids is 3. The summed E-state index contributed by atoms with van der Waals surface area (Å²) in [6.07, 6.45) is 1.73.